The summed E-state index contributed by atoms with van der Waals surface area (Å²) in [5, 5.41) is 1.83. The summed E-state index contributed by atoms with van der Waals surface area (Å²) in [6.45, 7) is 1.93. The van der Waals surface area contributed by atoms with Crippen LogP contribution in [0.3, 0.4) is 0 Å². The number of fused-ring (bicyclic) bond motifs is 1. The van der Waals surface area contributed by atoms with Crippen molar-refractivity contribution in [3.05, 3.63) is 46.2 Å². The van der Waals surface area contributed by atoms with Crippen LogP contribution in [0, 0.1) is 18.6 Å². The third-order valence-electron chi connectivity index (χ3n) is 3.35. The minimum Gasteiger partial charge on any atom is -0.203 e. The van der Waals surface area contributed by atoms with Crippen LogP contribution in [0.4, 0.5) is 8.78 Å². The predicted octanol–water partition coefficient (Wildman–Crippen LogP) is 5.73. The molecule has 22 heavy (non-hydrogen) atoms. The van der Waals surface area contributed by atoms with Gasteiger partial charge in [-0.05, 0) is 30.5 Å². The van der Waals surface area contributed by atoms with E-state index in [9.17, 15) is 8.78 Å². The van der Waals surface area contributed by atoms with Gasteiger partial charge in [-0.25, -0.2) is 8.78 Å². The number of aromatic nitrogens is 2. The second kappa shape index (κ2) is 5.19. The number of hydrogen-bond acceptors (Lipinski definition) is 5. The Morgan fingerprint density at radius 3 is 2.14 bits per heavy atom. The van der Waals surface area contributed by atoms with Crippen LogP contribution >= 0.6 is 34.4 Å². The Labute approximate surface area is 137 Å². The van der Waals surface area contributed by atoms with Crippen molar-refractivity contribution in [2.24, 2.45) is 0 Å². The van der Waals surface area contributed by atoms with E-state index in [1.807, 2.05) is 18.4 Å². The fraction of sp³-hybridized carbons (Fsp3) is 0.0667. The van der Waals surface area contributed by atoms with E-state index < -0.39 is 11.6 Å². The molecule has 0 unspecified atom stereocenters. The zero-order valence-electron chi connectivity index (χ0n) is 11.3. The summed E-state index contributed by atoms with van der Waals surface area (Å²) in [6.07, 6.45) is 0. The van der Waals surface area contributed by atoms with E-state index in [1.54, 1.807) is 18.2 Å². The molecule has 0 aliphatic heterocycles. The molecule has 0 amide bonds. The molecule has 0 saturated carbocycles. The molecule has 7 heteroatoms. The molecular formula is C15H8F2N2S3. The molecule has 0 atom stereocenters. The average molecular weight is 350 g/mol. The number of hydrogen-bond donors (Lipinski definition) is 0. The summed E-state index contributed by atoms with van der Waals surface area (Å²) in [4.78, 5) is 2.36. The van der Waals surface area contributed by atoms with Crippen LogP contribution < -0.4 is 0 Å². The van der Waals surface area contributed by atoms with Crippen LogP contribution in [0.25, 0.3) is 31.9 Å². The highest BCUT2D eigenvalue weighted by atomic mass is 32.1. The topological polar surface area (TPSA) is 25.8 Å². The lowest BCUT2D eigenvalue weighted by molar-refractivity contribution is 0.516. The molecule has 0 spiro atoms. The highest BCUT2D eigenvalue weighted by molar-refractivity contribution is 7.15. The smallest absolute Gasteiger partial charge is 0.170 e. The number of thiophene rings is 2. The number of rotatable bonds is 2. The molecule has 0 fully saturated rings. The van der Waals surface area contributed by atoms with E-state index in [4.69, 9.17) is 0 Å². The summed E-state index contributed by atoms with van der Waals surface area (Å²) >= 11 is 3.75. The quantitative estimate of drug-likeness (QED) is 0.461. The second-order valence-corrected chi connectivity index (χ2v) is 7.49. The third-order valence-corrected chi connectivity index (χ3v) is 5.78. The second-order valence-electron chi connectivity index (χ2n) is 4.73. The molecule has 110 valence electrons. The van der Waals surface area contributed by atoms with Crippen LogP contribution in [0.15, 0.2) is 29.6 Å². The lowest BCUT2D eigenvalue weighted by Crippen LogP contribution is -1.95. The lowest BCUT2D eigenvalue weighted by Gasteiger charge is -2.07. The first-order valence-electron chi connectivity index (χ1n) is 6.40. The van der Waals surface area contributed by atoms with E-state index in [-0.39, 0.29) is 11.1 Å². The summed E-state index contributed by atoms with van der Waals surface area (Å²) < 4.78 is 37.8. The zero-order valence-corrected chi connectivity index (χ0v) is 13.7. The van der Waals surface area contributed by atoms with Gasteiger partial charge in [-0.3, -0.25) is 0 Å². The van der Waals surface area contributed by atoms with Gasteiger partial charge in [0.25, 0.3) is 0 Å². The van der Waals surface area contributed by atoms with E-state index in [1.165, 1.54) is 22.7 Å². The molecule has 3 aromatic heterocycles. The molecule has 0 N–H and O–H groups in total. The fourth-order valence-corrected chi connectivity index (χ4v) is 4.62. The predicted molar refractivity (Wildman–Crippen MR) is 88.7 cm³/mol. The fourth-order valence-electron chi connectivity index (χ4n) is 2.38. The van der Waals surface area contributed by atoms with Gasteiger partial charge in [0.15, 0.2) is 11.6 Å². The maximum Gasteiger partial charge on any atom is 0.170 e. The van der Waals surface area contributed by atoms with Gasteiger partial charge in [0.1, 0.15) is 11.0 Å². The Bertz CT molecular complexity index is 970. The van der Waals surface area contributed by atoms with Gasteiger partial charge in [0, 0.05) is 14.6 Å². The van der Waals surface area contributed by atoms with Crippen LogP contribution in [0.2, 0.25) is 0 Å². The molecule has 4 rings (SSSR count). The van der Waals surface area contributed by atoms with Gasteiger partial charge in [0.2, 0.25) is 0 Å². The van der Waals surface area contributed by atoms with Gasteiger partial charge in [-0.2, -0.15) is 8.75 Å². The van der Waals surface area contributed by atoms with Crippen LogP contribution in [-0.2, 0) is 0 Å². The minimum absolute atomic E-state index is 0.202. The molecule has 2 nitrogen and oxygen atoms in total. The monoisotopic (exact) mass is 350 g/mol. The van der Waals surface area contributed by atoms with Crippen molar-refractivity contribution in [2.75, 3.05) is 0 Å². The van der Waals surface area contributed by atoms with Crippen molar-refractivity contribution < 1.29 is 8.78 Å². The summed E-state index contributed by atoms with van der Waals surface area (Å²) in [5.74, 6) is -1.71. The lowest BCUT2D eigenvalue weighted by atomic mass is 10.0. The van der Waals surface area contributed by atoms with Crippen LogP contribution in [0.5, 0.6) is 0 Å². The number of benzene rings is 1. The highest BCUT2D eigenvalue weighted by Gasteiger charge is 2.25. The van der Waals surface area contributed by atoms with E-state index in [0.717, 1.165) is 16.6 Å². The molecule has 0 aliphatic rings. The zero-order chi connectivity index (χ0) is 15.3. The maximum absolute atomic E-state index is 14.7. The number of nitrogens with zero attached hydrogens (tertiary/aromatic N) is 2. The normalized spacial score (nSPS) is 11.4. The number of halogens is 2. The first-order valence-corrected chi connectivity index (χ1v) is 8.83. The highest BCUT2D eigenvalue weighted by Crippen LogP contribution is 2.42. The van der Waals surface area contributed by atoms with E-state index >= 15 is 0 Å². The molecule has 0 aliphatic carbocycles. The average Bonchev–Trinajstić information content (AvgIpc) is 3.22. The molecule has 3 heterocycles. The largest absolute Gasteiger partial charge is 0.203 e. The van der Waals surface area contributed by atoms with Crippen molar-refractivity contribution >= 4 is 45.4 Å². The standard InChI is InChI=1S/C15H8F2N2S3/c1-7-4-5-9(21-7)11-13(17)12(16)10(8-3-2-6-20-8)14-15(11)19-22-18-14/h2-6H,1H3. The van der Waals surface area contributed by atoms with Gasteiger partial charge < -0.3 is 0 Å². The Kier molecular flexibility index (Phi) is 3.28. The molecule has 1 aromatic carbocycles. The molecule has 0 bridgehead atoms. The first kappa shape index (κ1) is 13.9. The van der Waals surface area contributed by atoms with Crippen LogP contribution in [0.1, 0.15) is 4.88 Å². The Hall–Kier alpha value is -1.70. The van der Waals surface area contributed by atoms with Crippen LogP contribution in [-0.4, -0.2) is 8.75 Å². The van der Waals surface area contributed by atoms with Gasteiger partial charge in [-0.15, -0.1) is 22.7 Å². The Morgan fingerprint density at radius 2 is 1.59 bits per heavy atom. The van der Waals surface area contributed by atoms with Crippen molar-refractivity contribution in [2.45, 2.75) is 6.92 Å². The van der Waals surface area contributed by atoms with Crippen molar-refractivity contribution in [1.29, 1.82) is 0 Å². The Balaban J connectivity index is 2.11. The summed E-state index contributed by atoms with van der Waals surface area (Å²) in [6, 6.07) is 7.24. The summed E-state index contributed by atoms with van der Waals surface area (Å²) in [5.41, 5.74) is 1.26. The van der Waals surface area contributed by atoms with Crippen molar-refractivity contribution in [3.63, 3.8) is 0 Å². The SMILES string of the molecule is Cc1ccc(-c2c(F)c(F)c(-c3cccs3)c3nsnc23)s1. The van der Waals surface area contributed by atoms with E-state index in [0.29, 0.717) is 20.8 Å². The van der Waals surface area contributed by atoms with Crippen molar-refractivity contribution in [1.82, 2.24) is 8.75 Å². The van der Waals surface area contributed by atoms with E-state index in [2.05, 4.69) is 8.75 Å². The molecular weight excluding hydrogens is 342 g/mol. The van der Waals surface area contributed by atoms with Gasteiger partial charge in [-0.1, -0.05) is 6.07 Å². The molecule has 0 radical (unpaired) electrons. The van der Waals surface area contributed by atoms with Gasteiger partial charge in [0.05, 0.1) is 22.9 Å². The van der Waals surface area contributed by atoms with Crippen molar-refractivity contribution in [3.8, 4) is 20.9 Å². The third kappa shape index (κ3) is 2.00. The number of aryl methyl sites for hydroxylation is 1. The Morgan fingerprint density at radius 1 is 0.909 bits per heavy atom. The maximum atomic E-state index is 14.7. The molecule has 0 saturated heterocycles. The summed E-state index contributed by atoms with van der Waals surface area (Å²) in [7, 11) is 0. The molecule has 4 aromatic rings. The van der Waals surface area contributed by atoms with Gasteiger partial charge >= 0.3 is 0 Å². The first-order chi connectivity index (χ1) is 10.7. The minimum atomic E-state index is -0.858.